The van der Waals surface area contributed by atoms with Gasteiger partial charge in [-0.05, 0) is 43.7 Å². The second kappa shape index (κ2) is 3.95. The molecule has 0 spiro atoms. The van der Waals surface area contributed by atoms with E-state index in [2.05, 4.69) is 30.4 Å². The van der Waals surface area contributed by atoms with Crippen molar-refractivity contribution < 1.29 is 4.79 Å². The lowest BCUT2D eigenvalue weighted by Gasteiger charge is -2.38. The summed E-state index contributed by atoms with van der Waals surface area (Å²) in [5.41, 5.74) is 2.33. The first-order valence-corrected chi connectivity index (χ1v) is 7.71. The van der Waals surface area contributed by atoms with E-state index in [1.54, 1.807) is 11.8 Å². The quantitative estimate of drug-likeness (QED) is 0.843. The van der Waals surface area contributed by atoms with Gasteiger partial charge >= 0.3 is 0 Å². The Labute approximate surface area is 110 Å². The van der Waals surface area contributed by atoms with Crippen LogP contribution in [0.2, 0.25) is 0 Å². The van der Waals surface area contributed by atoms with Gasteiger partial charge in [-0.2, -0.15) is 11.8 Å². The topological polar surface area (TPSA) is 29.1 Å². The van der Waals surface area contributed by atoms with Crippen LogP contribution in [0.3, 0.4) is 0 Å². The summed E-state index contributed by atoms with van der Waals surface area (Å²) in [4.78, 5) is 12.9. The van der Waals surface area contributed by atoms with Crippen LogP contribution in [0.1, 0.15) is 25.8 Å². The molecular formula is C13H15NOS2. The predicted molar refractivity (Wildman–Crippen MR) is 74.8 cm³/mol. The molecule has 2 unspecified atom stereocenters. The highest BCUT2D eigenvalue weighted by Gasteiger charge is 2.35. The van der Waals surface area contributed by atoms with Crippen LogP contribution in [0.5, 0.6) is 0 Å². The molecule has 1 saturated heterocycles. The largest absolute Gasteiger partial charge is 0.324 e. The summed E-state index contributed by atoms with van der Waals surface area (Å²) in [6.45, 7) is 4.23. The van der Waals surface area contributed by atoms with Crippen molar-refractivity contribution >= 4 is 35.1 Å². The normalized spacial score (nSPS) is 31.4. The number of carbonyl (C=O) groups is 1. The molecular weight excluding hydrogens is 250 g/mol. The molecule has 0 bridgehead atoms. The van der Waals surface area contributed by atoms with Crippen molar-refractivity contribution in [2.24, 2.45) is 0 Å². The number of carbonyl (C=O) groups excluding carboxylic acids is 1. The van der Waals surface area contributed by atoms with Crippen molar-refractivity contribution in [2.75, 3.05) is 11.1 Å². The zero-order chi connectivity index (χ0) is 12.0. The van der Waals surface area contributed by atoms with Crippen LogP contribution >= 0.6 is 23.5 Å². The van der Waals surface area contributed by atoms with E-state index in [1.807, 2.05) is 18.7 Å². The standard InChI is InChI=1S/C13H15NOS2/c1-8-12(15)14-10-7-9(3-4-11(10)17-8)13(2)5-6-16-13/h3-4,7-8H,5-6H2,1-2H3,(H,14,15). The minimum atomic E-state index is 0.0158. The van der Waals surface area contributed by atoms with E-state index in [9.17, 15) is 4.79 Å². The van der Waals surface area contributed by atoms with E-state index >= 15 is 0 Å². The third kappa shape index (κ3) is 1.87. The molecule has 17 heavy (non-hydrogen) atoms. The van der Waals surface area contributed by atoms with E-state index in [4.69, 9.17) is 0 Å². The molecule has 90 valence electrons. The highest BCUT2D eigenvalue weighted by Crippen LogP contribution is 2.50. The molecule has 0 aromatic heterocycles. The van der Waals surface area contributed by atoms with Crippen molar-refractivity contribution in [1.29, 1.82) is 0 Å². The number of amides is 1. The highest BCUT2D eigenvalue weighted by molar-refractivity contribution is 8.01. The maximum Gasteiger partial charge on any atom is 0.237 e. The Balaban J connectivity index is 1.96. The maximum absolute atomic E-state index is 11.7. The number of rotatable bonds is 1. The maximum atomic E-state index is 11.7. The third-order valence-corrected chi connectivity index (χ3v) is 6.18. The number of fused-ring (bicyclic) bond motifs is 1. The van der Waals surface area contributed by atoms with Crippen LogP contribution in [0.4, 0.5) is 5.69 Å². The molecule has 2 aliphatic heterocycles. The molecule has 1 amide bonds. The molecule has 1 fully saturated rings. The van der Waals surface area contributed by atoms with Gasteiger partial charge < -0.3 is 5.32 Å². The van der Waals surface area contributed by atoms with Crippen molar-refractivity contribution in [2.45, 2.75) is 35.2 Å². The number of thioether (sulfide) groups is 2. The van der Waals surface area contributed by atoms with Gasteiger partial charge in [0.15, 0.2) is 0 Å². The van der Waals surface area contributed by atoms with E-state index in [0.717, 1.165) is 5.69 Å². The van der Waals surface area contributed by atoms with Crippen LogP contribution in [-0.2, 0) is 9.54 Å². The zero-order valence-electron chi connectivity index (χ0n) is 9.95. The lowest BCUT2D eigenvalue weighted by molar-refractivity contribution is -0.115. The van der Waals surface area contributed by atoms with Crippen LogP contribution < -0.4 is 5.32 Å². The van der Waals surface area contributed by atoms with Crippen molar-refractivity contribution in [1.82, 2.24) is 0 Å². The minimum absolute atomic E-state index is 0.0158. The molecule has 0 radical (unpaired) electrons. The SMILES string of the molecule is CC1Sc2ccc(C3(C)CCS3)cc2NC1=O. The molecule has 2 atom stereocenters. The Morgan fingerprint density at radius 1 is 1.47 bits per heavy atom. The van der Waals surface area contributed by atoms with Gasteiger partial charge in [-0.15, -0.1) is 11.8 Å². The van der Waals surface area contributed by atoms with Crippen LogP contribution in [-0.4, -0.2) is 16.9 Å². The second-order valence-corrected chi connectivity index (χ2v) is 7.77. The smallest absolute Gasteiger partial charge is 0.237 e. The summed E-state index contributed by atoms with van der Waals surface area (Å²) in [6.07, 6.45) is 1.23. The Kier molecular flexibility index (Phi) is 2.67. The van der Waals surface area contributed by atoms with E-state index in [-0.39, 0.29) is 15.9 Å². The number of hydrogen-bond acceptors (Lipinski definition) is 3. The van der Waals surface area contributed by atoms with E-state index in [0.29, 0.717) is 0 Å². The molecule has 1 N–H and O–H groups in total. The first-order valence-electron chi connectivity index (χ1n) is 5.84. The summed E-state index contributed by atoms with van der Waals surface area (Å²) in [5.74, 6) is 1.36. The van der Waals surface area contributed by atoms with Crippen molar-refractivity contribution in [3.63, 3.8) is 0 Å². The fraction of sp³-hybridized carbons (Fsp3) is 0.462. The summed E-state index contributed by atoms with van der Waals surface area (Å²) in [6, 6.07) is 6.51. The lowest BCUT2D eigenvalue weighted by atomic mass is 9.96. The predicted octanol–water partition coefficient (Wildman–Crippen LogP) is 3.47. The van der Waals surface area contributed by atoms with Gasteiger partial charge in [0.25, 0.3) is 0 Å². The average Bonchev–Trinajstić information content (AvgIpc) is 2.27. The van der Waals surface area contributed by atoms with Gasteiger partial charge in [0.2, 0.25) is 5.91 Å². The molecule has 1 aromatic carbocycles. The Hall–Kier alpha value is -0.610. The van der Waals surface area contributed by atoms with Crippen molar-refractivity contribution in [3.8, 4) is 0 Å². The summed E-state index contributed by atoms with van der Waals surface area (Å²) >= 11 is 3.64. The van der Waals surface area contributed by atoms with Gasteiger partial charge in [-0.1, -0.05) is 6.07 Å². The monoisotopic (exact) mass is 265 g/mol. The Morgan fingerprint density at radius 2 is 2.24 bits per heavy atom. The van der Waals surface area contributed by atoms with E-state index in [1.165, 1.54) is 22.6 Å². The molecule has 2 heterocycles. The molecule has 2 aliphatic rings. The van der Waals surface area contributed by atoms with Gasteiger partial charge in [0.1, 0.15) is 0 Å². The first kappa shape index (κ1) is 11.5. The van der Waals surface area contributed by atoms with Gasteiger partial charge in [-0.25, -0.2) is 0 Å². The summed E-state index contributed by atoms with van der Waals surface area (Å²) < 4.78 is 0.257. The Morgan fingerprint density at radius 3 is 2.88 bits per heavy atom. The molecule has 1 aromatic rings. The van der Waals surface area contributed by atoms with Gasteiger partial charge in [0.05, 0.1) is 10.9 Å². The van der Waals surface area contributed by atoms with Crippen LogP contribution in [0, 0.1) is 0 Å². The molecule has 3 rings (SSSR count). The number of hydrogen-bond donors (Lipinski definition) is 1. The van der Waals surface area contributed by atoms with Crippen LogP contribution in [0.15, 0.2) is 23.1 Å². The number of benzene rings is 1. The highest BCUT2D eigenvalue weighted by atomic mass is 32.2. The third-order valence-electron chi connectivity index (χ3n) is 3.52. The van der Waals surface area contributed by atoms with Crippen molar-refractivity contribution in [3.05, 3.63) is 23.8 Å². The average molecular weight is 265 g/mol. The molecule has 4 heteroatoms. The summed E-state index contributed by atoms with van der Waals surface area (Å²) in [7, 11) is 0. The number of anilines is 1. The minimum Gasteiger partial charge on any atom is -0.324 e. The zero-order valence-corrected chi connectivity index (χ0v) is 11.6. The van der Waals surface area contributed by atoms with Gasteiger partial charge in [0, 0.05) is 9.64 Å². The first-order chi connectivity index (χ1) is 8.08. The van der Waals surface area contributed by atoms with Gasteiger partial charge in [-0.3, -0.25) is 4.79 Å². The molecule has 0 aliphatic carbocycles. The second-order valence-electron chi connectivity index (χ2n) is 4.79. The fourth-order valence-corrected chi connectivity index (χ4v) is 4.21. The lowest BCUT2D eigenvalue weighted by Crippen LogP contribution is -2.29. The summed E-state index contributed by atoms with van der Waals surface area (Å²) in [5, 5.41) is 3.02. The number of nitrogens with one attached hydrogen (secondary N) is 1. The fourth-order valence-electron chi connectivity index (χ4n) is 2.17. The van der Waals surface area contributed by atoms with Crippen LogP contribution in [0.25, 0.3) is 0 Å². The molecule has 2 nitrogen and oxygen atoms in total. The molecule has 0 saturated carbocycles. The Bertz CT molecular complexity index is 482. The van der Waals surface area contributed by atoms with E-state index < -0.39 is 0 Å².